The van der Waals surface area contributed by atoms with Crippen molar-refractivity contribution in [2.75, 3.05) is 27.3 Å². The van der Waals surface area contributed by atoms with Gasteiger partial charge in [-0.05, 0) is 43.2 Å². The molecule has 0 radical (unpaired) electrons. The molecule has 1 aliphatic carbocycles. The van der Waals surface area contributed by atoms with Crippen LogP contribution in [0, 0.1) is 11.8 Å². The molecule has 2 bridgehead atoms. The number of benzene rings is 1. The highest BCUT2D eigenvalue weighted by Gasteiger charge is 2.52. The lowest BCUT2D eigenvalue weighted by Crippen LogP contribution is -2.58. The van der Waals surface area contributed by atoms with E-state index in [1.165, 1.54) is 6.42 Å². The first-order valence-corrected chi connectivity index (χ1v) is 9.72. The number of fused-ring (bicyclic) bond motifs is 2. The Morgan fingerprint density at radius 1 is 1.11 bits per heavy atom. The quantitative estimate of drug-likeness (QED) is 0.878. The van der Waals surface area contributed by atoms with Gasteiger partial charge < -0.3 is 14.6 Å². The molecule has 5 heteroatoms. The lowest BCUT2D eigenvalue weighted by Gasteiger charge is -2.52. The third-order valence-corrected chi connectivity index (χ3v) is 6.26. The number of methoxy groups -OCH3 is 2. The van der Waals surface area contributed by atoms with Crippen molar-refractivity contribution in [3.8, 4) is 11.5 Å². The van der Waals surface area contributed by atoms with E-state index in [9.17, 15) is 5.11 Å². The Bertz CT molecular complexity index is 766. The van der Waals surface area contributed by atoms with Gasteiger partial charge in [-0.3, -0.25) is 9.88 Å². The number of aromatic nitrogens is 1. The zero-order valence-corrected chi connectivity index (χ0v) is 16.1. The van der Waals surface area contributed by atoms with Crippen LogP contribution in [0.25, 0.3) is 0 Å². The Morgan fingerprint density at radius 3 is 2.52 bits per heavy atom. The number of pyridine rings is 1. The maximum Gasteiger partial charge on any atom is 0.123 e. The van der Waals surface area contributed by atoms with E-state index in [1.807, 2.05) is 36.4 Å². The van der Waals surface area contributed by atoms with Crippen molar-refractivity contribution in [2.24, 2.45) is 11.8 Å². The monoisotopic (exact) mass is 368 g/mol. The summed E-state index contributed by atoms with van der Waals surface area (Å²) in [6, 6.07) is 11.8. The van der Waals surface area contributed by atoms with E-state index in [0.29, 0.717) is 0 Å². The van der Waals surface area contributed by atoms with E-state index in [4.69, 9.17) is 9.47 Å². The molecule has 2 aromatic rings. The molecule has 144 valence electrons. The summed E-state index contributed by atoms with van der Waals surface area (Å²) in [6.07, 6.45) is 5.04. The Morgan fingerprint density at radius 2 is 1.89 bits per heavy atom. The minimum Gasteiger partial charge on any atom is -0.497 e. The summed E-state index contributed by atoms with van der Waals surface area (Å²) in [5, 5.41) is 11.7. The number of ether oxygens (including phenoxy) is 2. The fourth-order valence-corrected chi connectivity index (χ4v) is 4.94. The van der Waals surface area contributed by atoms with Crippen LogP contribution in [0.5, 0.6) is 11.5 Å². The molecular formula is C22H28N2O3. The Kier molecular flexibility index (Phi) is 5.06. The van der Waals surface area contributed by atoms with Gasteiger partial charge in [0.25, 0.3) is 0 Å². The van der Waals surface area contributed by atoms with Gasteiger partial charge in [-0.1, -0.05) is 12.5 Å². The zero-order valence-electron chi connectivity index (χ0n) is 16.1. The molecule has 27 heavy (non-hydrogen) atoms. The highest BCUT2D eigenvalue weighted by Crippen LogP contribution is 2.48. The molecule has 0 spiro atoms. The number of rotatable bonds is 5. The molecule has 2 atom stereocenters. The molecule has 5 nitrogen and oxygen atoms in total. The van der Waals surface area contributed by atoms with Crippen LogP contribution in [0.1, 0.15) is 30.5 Å². The normalized spacial score (nSPS) is 28.0. The molecule has 2 heterocycles. The molecular weight excluding hydrogens is 340 g/mol. The van der Waals surface area contributed by atoms with Crippen molar-refractivity contribution >= 4 is 0 Å². The summed E-state index contributed by atoms with van der Waals surface area (Å²) in [5.41, 5.74) is 1.14. The standard InChI is InChI=1S/C22H28N2O3/c1-26-19-9-10-20(27-2)16(12-19)13-24-14-17-6-5-7-18(15-24)22(17,25)21-8-3-4-11-23-21/h3-4,8-12,17-18,25H,5-7,13-15H2,1-2H3. The summed E-state index contributed by atoms with van der Waals surface area (Å²) in [4.78, 5) is 6.96. The van der Waals surface area contributed by atoms with Crippen molar-refractivity contribution in [3.63, 3.8) is 0 Å². The first kappa shape index (κ1) is 18.3. The van der Waals surface area contributed by atoms with E-state index >= 15 is 0 Å². The minimum atomic E-state index is -0.811. The van der Waals surface area contributed by atoms with Crippen LogP contribution in [-0.4, -0.2) is 42.3 Å². The predicted octanol–water partition coefficient (Wildman–Crippen LogP) is 3.22. The summed E-state index contributed by atoms with van der Waals surface area (Å²) in [6.45, 7) is 2.53. The second-order valence-electron chi connectivity index (χ2n) is 7.74. The first-order chi connectivity index (χ1) is 13.1. The summed E-state index contributed by atoms with van der Waals surface area (Å²) in [7, 11) is 3.39. The largest absolute Gasteiger partial charge is 0.497 e. The molecule has 4 rings (SSSR count). The SMILES string of the molecule is COc1ccc(OC)c(CN2CC3CCCC(C2)C3(O)c2ccccn2)c1. The van der Waals surface area contributed by atoms with E-state index in [1.54, 1.807) is 20.4 Å². The van der Waals surface area contributed by atoms with Crippen LogP contribution in [0.2, 0.25) is 0 Å². The Balaban J connectivity index is 1.58. The lowest BCUT2D eigenvalue weighted by molar-refractivity contribution is -0.151. The van der Waals surface area contributed by atoms with Gasteiger partial charge >= 0.3 is 0 Å². The van der Waals surface area contributed by atoms with Gasteiger partial charge in [0, 0.05) is 43.2 Å². The second-order valence-corrected chi connectivity index (χ2v) is 7.74. The highest BCUT2D eigenvalue weighted by molar-refractivity contribution is 5.40. The van der Waals surface area contributed by atoms with Gasteiger partial charge in [0.1, 0.15) is 17.1 Å². The summed E-state index contributed by atoms with van der Waals surface area (Å²) < 4.78 is 10.9. The molecule has 1 N–H and O–H groups in total. The van der Waals surface area contributed by atoms with E-state index in [-0.39, 0.29) is 11.8 Å². The smallest absolute Gasteiger partial charge is 0.123 e. The van der Waals surface area contributed by atoms with Crippen molar-refractivity contribution in [1.82, 2.24) is 9.88 Å². The summed E-state index contributed by atoms with van der Waals surface area (Å²) in [5.74, 6) is 2.13. The van der Waals surface area contributed by atoms with E-state index in [0.717, 1.165) is 55.2 Å². The molecule has 2 aliphatic rings. The van der Waals surface area contributed by atoms with Gasteiger partial charge in [0.2, 0.25) is 0 Å². The minimum absolute atomic E-state index is 0.205. The summed E-state index contributed by atoms with van der Waals surface area (Å²) >= 11 is 0. The van der Waals surface area contributed by atoms with Gasteiger partial charge in [-0.2, -0.15) is 0 Å². The maximum atomic E-state index is 11.7. The van der Waals surface area contributed by atoms with Crippen molar-refractivity contribution in [3.05, 3.63) is 53.9 Å². The van der Waals surface area contributed by atoms with E-state index < -0.39 is 5.60 Å². The average Bonchev–Trinajstić information content (AvgIpc) is 2.69. The highest BCUT2D eigenvalue weighted by atomic mass is 16.5. The Labute approximate surface area is 160 Å². The van der Waals surface area contributed by atoms with Crippen LogP contribution in [0.3, 0.4) is 0 Å². The van der Waals surface area contributed by atoms with E-state index in [2.05, 4.69) is 9.88 Å². The van der Waals surface area contributed by atoms with Gasteiger partial charge in [-0.15, -0.1) is 0 Å². The first-order valence-electron chi connectivity index (χ1n) is 9.72. The second kappa shape index (κ2) is 7.49. The average molecular weight is 368 g/mol. The number of aliphatic hydroxyl groups is 1. The Hall–Kier alpha value is -2.11. The van der Waals surface area contributed by atoms with Crippen LogP contribution < -0.4 is 9.47 Å². The molecule has 1 aliphatic heterocycles. The molecule has 1 aromatic heterocycles. The van der Waals surface area contributed by atoms with Crippen molar-refractivity contribution in [2.45, 2.75) is 31.4 Å². The number of piperidine rings is 1. The van der Waals surface area contributed by atoms with Gasteiger partial charge in [0.05, 0.1) is 19.9 Å². The number of likely N-dealkylation sites (tertiary alicyclic amines) is 1. The lowest BCUT2D eigenvalue weighted by atomic mass is 9.64. The molecule has 2 fully saturated rings. The van der Waals surface area contributed by atoms with Gasteiger partial charge in [0.15, 0.2) is 0 Å². The topological polar surface area (TPSA) is 54.8 Å². The molecule has 1 saturated carbocycles. The third kappa shape index (κ3) is 3.30. The van der Waals surface area contributed by atoms with Crippen molar-refractivity contribution in [1.29, 1.82) is 0 Å². The number of nitrogens with zero attached hydrogens (tertiary/aromatic N) is 2. The third-order valence-electron chi connectivity index (χ3n) is 6.26. The maximum absolute atomic E-state index is 11.7. The molecule has 1 saturated heterocycles. The fourth-order valence-electron chi connectivity index (χ4n) is 4.94. The fraction of sp³-hybridized carbons (Fsp3) is 0.500. The van der Waals surface area contributed by atoms with Crippen molar-refractivity contribution < 1.29 is 14.6 Å². The molecule has 0 amide bonds. The van der Waals surface area contributed by atoms with Crippen LogP contribution >= 0.6 is 0 Å². The van der Waals surface area contributed by atoms with Crippen LogP contribution in [0.15, 0.2) is 42.6 Å². The number of hydrogen-bond donors (Lipinski definition) is 1. The van der Waals surface area contributed by atoms with Crippen LogP contribution in [-0.2, 0) is 12.1 Å². The molecule has 2 unspecified atom stereocenters. The molecule has 1 aromatic carbocycles. The number of hydrogen-bond acceptors (Lipinski definition) is 5. The van der Waals surface area contributed by atoms with Gasteiger partial charge in [-0.25, -0.2) is 0 Å². The zero-order chi connectivity index (χ0) is 18.9. The van der Waals surface area contributed by atoms with Crippen LogP contribution in [0.4, 0.5) is 0 Å². The predicted molar refractivity (Wildman–Crippen MR) is 104 cm³/mol.